The molecule has 0 bridgehead atoms. The normalized spacial score (nSPS) is 49.2. The summed E-state index contributed by atoms with van der Waals surface area (Å²) in [5.41, 5.74) is -1.11. The third-order valence-electron chi connectivity index (χ3n) is 2.29. The van der Waals surface area contributed by atoms with Crippen LogP contribution in [0.3, 0.4) is 0 Å². The van der Waals surface area contributed by atoms with Crippen molar-refractivity contribution in [3.05, 3.63) is 0 Å². The minimum Gasteiger partial charge on any atom is -0.387 e. The molecule has 0 aromatic heterocycles. The lowest BCUT2D eigenvalue weighted by molar-refractivity contribution is -0.264. The van der Waals surface area contributed by atoms with Gasteiger partial charge in [-0.2, -0.15) is 0 Å². The molecule has 4 nitrogen and oxygen atoms in total. The van der Waals surface area contributed by atoms with Crippen LogP contribution in [0.25, 0.3) is 0 Å². The van der Waals surface area contributed by atoms with Gasteiger partial charge in [-0.25, -0.2) is 0 Å². The number of aliphatic hydroxyl groups is 2. The van der Waals surface area contributed by atoms with E-state index in [-0.39, 0.29) is 0 Å². The first kappa shape index (κ1) is 9.92. The minimum absolute atomic E-state index is 0.301. The van der Waals surface area contributed by atoms with Crippen molar-refractivity contribution < 1.29 is 19.7 Å². The Morgan fingerprint density at radius 2 is 2.17 bits per heavy atom. The third kappa shape index (κ3) is 1.77. The molecule has 0 aromatic rings. The van der Waals surface area contributed by atoms with Gasteiger partial charge in [0.1, 0.15) is 6.10 Å². The van der Waals surface area contributed by atoms with Gasteiger partial charge in [0.2, 0.25) is 0 Å². The largest absolute Gasteiger partial charge is 0.387 e. The number of hydrogen-bond donors (Lipinski definition) is 2. The van der Waals surface area contributed by atoms with Crippen molar-refractivity contribution in [2.45, 2.75) is 44.4 Å². The van der Waals surface area contributed by atoms with Gasteiger partial charge in [-0.15, -0.1) is 0 Å². The van der Waals surface area contributed by atoms with Crippen molar-refractivity contribution in [1.82, 2.24) is 0 Å². The quantitative estimate of drug-likeness (QED) is 0.584. The fraction of sp³-hybridized carbons (Fsp3) is 1.00. The van der Waals surface area contributed by atoms with Crippen molar-refractivity contribution >= 4 is 0 Å². The molecule has 4 heteroatoms. The predicted octanol–water partition coefficient (Wildman–Crippen LogP) is -0.120. The van der Waals surface area contributed by atoms with Crippen LogP contribution < -0.4 is 0 Å². The highest BCUT2D eigenvalue weighted by molar-refractivity contribution is 4.90. The van der Waals surface area contributed by atoms with Crippen LogP contribution in [0.5, 0.6) is 0 Å². The molecule has 0 aliphatic carbocycles. The van der Waals surface area contributed by atoms with Crippen LogP contribution in [0, 0.1) is 0 Å². The molecule has 0 saturated carbocycles. The molecule has 1 heterocycles. The van der Waals surface area contributed by atoms with E-state index in [4.69, 9.17) is 9.47 Å². The molecule has 1 aliphatic heterocycles. The first-order valence-corrected chi connectivity index (χ1v) is 4.06. The van der Waals surface area contributed by atoms with Gasteiger partial charge in [-0.1, -0.05) is 0 Å². The first-order chi connectivity index (χ1) is 5.47. The van der Waals surface area contributed by atoms with E-state index in [1.807, 2.05) is 0 Å². The molecule has 72 valence electrons. The molecule has 1 fully saturated rings. The Labute approximate surface area is 72.1 Å². The Kier molecular flexibility index (Phi) is 2.73. The molecule has 0 spiro atoms. The second-order valence-electron chi connectivity index (χ2n) is 3.51. The molecular weight excluding hydrogens is 160 g/mol. The van der Waals surface area contributed by atoms with Gasteiger partial charge in [-0.05, 0) is 13.8 Å². The molecule has 0 unspecified atom stereocenters. The van der Waals surface area contributed by atoms with Gasteiger partial charge in [-0.3, -0.25) is 0 Å². The van der Waals surface area contributed by atoms with Gasteiger partial charge in [0.15, 0.2) is 6.29 Å². The average molecular weight is 176 g/mol. The summed E-state index contributed by atoms with van der Waals surface area (Å²) in [6.45, 7) is 3.30. The van der Waals surface area contributed by atoms with E-state index in [0.717, 1.165) is 0 Å². The number of ether oxygens (including phenoxy) is 2. The minimum atomic E-state index is -1.11. The van der Waals surface area contributed by atoms with E-state index in [1.165, 1.54) is 7.11 Å². The van der Waals surface area contributed by atoms with E-state index < -0.39 is 24.1 Å². The van der Waals surface area contributed by atoms with Crippen molar-refractivity contribution in [3.63, 3.8) is 0 Å². The fourth-order valence-corrected chi connectivity index (χ4v) is 1.46. The van der Waals surface area contributed by atoms with E-state index in [0.29, 0.717) is 6.42 Å². The molecule has 0 amide bonds. The van der Waals surface area contributed by atoms with E-state index >= 15 is 0 Å². The summed E-state index contributed by atoms with van der Waals surface area (Å²) in [5.74, 6) is 0. The molecule has 12 heavy (non-hydrogen) atoms. The zero-order valence-electron chi connectivity index (χ0n) is 7.65. The summed E-state index contributed by atoms with van der Waals surface area (Å²) in [5, 5.41) is 19.2. The summed E-state index contributed by atoms with van der Waals surface area (Å²) in [6.07, 6.45) is -1.35. The number of rotatable bonds is 1. The molecule has 1 aliphatic rings. The van der Waals surface area contributed by atoms with Crippen LogP contribution in [0.15, 0.2) is 0 Å². The van der Waals surface area contributed by atoms with Gasteiger partial charge >= 0.3 is 0 Å². The van der Waals surface area contributed by atoms with Crippen molar-refractivity contribution in [2.75, 3.05) is 7.11 Å². The standard InChI is InChI=1S/C8H16O4/c1-5-7(9)8(2,10)4-6(11-3)12-5/h5-7,9-10H,4H2,1-3H3/t5-,6+,7+,8+/m0/s1. The highest BCUT2D eigenvalue weighted by atomic mass is 16.7. The Morgan fingerprint density at radius 3 is 2.58 bits per heavy atom. The Balaban J connectivity index is 2.65. The van der Waals surface area contributed by atoms with E-state index in [9.17, 15) is 10.2 Å². The van der Waals surface area contributed by atoms with E-state index in [2.05, 4.69) is 0 Å². The number of aliphatic hydroxyl groups excluding tert-OH is 1. The molecule has 2 N–H and O–H groups in total. The molecule has 4 atom stereocenters. The van der Waals surface area contributed by atoms with Gasteiger partial charge < -0.3 is 19.7 Å². The van der Waals surface area contributed by atoms with Crippen LogP contribution in [0.4, 0.5) is 0 Å². The zero-order valence-corrected chi connectivity index (χ0v) is 7.65. The smallest absolute Gasteiger partial charge is 0.160 e. The summed E-state index contributed by atoms with van der Waals surface area (Å²) in [6, 6.07) is 0. The third-order valence-corrected chi connectivity index (χ3v) is 2.29. The number of methoxy groups -OCH3 is 1. The average Bonchev–Trinajstić information content (AvgIpc) is 1.99. The lowest BCUT2D eigenvalue weighted by Crippen LogP contribution is -2.54. The Hall–Kier alpha value is -0.160. The van der Waals surface area contributed by atoms with Crippen LogP contribution in [0.1, 0.15) is 20.3 Å². The van der Waals surface area contributed by atoms with Crippen LogP contribution in [-0.4, -0.2) is 41.4 Å². The Bertz CT molecular complexity index is 157. The molecule has 0 aromatic carbocycles. The summed E-state index contributed by atoms with van der Waals surface area (Å²) in [7, 11) is 1.52. The number of hydrogen-bond acceptors (Lipinski definition) is 4. The van der Waals surface area contributed by atoms with Crippen LogP contribution in [-0.2, 0) is 9.47 Å². The van der Waals surface area contributed by atoms with Gasteiger partial charge in [0.05, 0.1) is 11.7 Å². The second-order valence-corrected chi connectivity index (χ2v) is 3.51. The lowest BCUT2D eigenvalue weighted by atomic mass is 9.89. The Morgan fingerprint density at radius 1 is 1.58 bits per heavy atom. The molecular formula is C8H16O4. The van der Waals surface area contributed by atoms with Crippen LogP contribution in [0.2, 0.25) is 0 Å². The maximum absolute atomic E-state index is 9.70. The second kappa shape index (κ2) is 3.30. The molecule has 1 rings (SSSR count). The summed E-state index contributed by atoms with van der Waals surface area (Å²) in [4.78, 5) is 0. The first-order valence-electron chi connectivity index (χ1n) is 4.06. The van der Waals surface area contributed by atoms with Gasteiger partial charge in [0.25, 0.3) is 0 Å². The van der Waals surface area contributed by atoms with Crippen LogP contribution >= 0.6 is 0 Å². The SMILES string of the molecule is CO[C@H]1C[C@@](C)(O)[C@H](O)[C@H](C)O1. The fourth-order valence-electron chi connectivity index (χ4n) is 1.46. The van der Waals surface area contributed by atoms with Crippen molar-refractivity contribution in [3.8, 4) is 0 Å². The maximum atomic E-state index is 9.70. The molecule has 1 saturated heterocycles. The molecule has 0 radical (unpaired) electrons. The highest BCUT2D eigenvalue weighted by Gasteiger charge is 2.43. The predicted molar refractivity (Wildman–Crippen MR) is 42.6 cm³/mol. The van der Waals surface area contributed by atoms with Crippen molar-refractivity contribution in [1.29, 1.82) is 0 Å². The van der Waals surface area contributed by atoms with Gasteiger partial charge in [0, 0.05) is 13.5 Å². The lowest BCUT2D eigenvalue weighted by Gasteiger charge is -2.41. The maximum Gasteiger partial charge on any atom is 0.160 e. The monoisotopic (exact) mass is 176 g/mol. The van der Waals surface area contributed by atoms with E-state index in [1.54, 1.807) is 13.8 Å². The van der Waals surface area contributed by atoms with Crippen molar-refractivity contribution in [2.24, 2.45) is 0 Å². The summed E-state index contributed by atoms with van der Waals surface area (Å²) < 4.78 is 10.2. The highest BCUT2D eigenvalue weighted by Crippen LogP contribution is 2.28. The zero-order chi connectivity index (χ0) is 9.35. The topological polar surface area (TPSA) is 58.9 Å². The summed E-state index contributed by atoms with van der Waals surface area (Å²) >= 11 is 0.